The summed E-state index contributed by atoms with van der Waals surface area (Å²) in [4.78, 5) is 10.8. The van der Waals surface area contributed by atoms with Crippen LogP contribution in [0.2, 0.25) is 0 Å². The molecule has 0 radical (unpaired) electrons. The summed E-state index contributed by atoms with van der Waals surface area (Å²) < 4.78 is 53.0. The lowest BCUT2D eigenvalue weighted by molar-refractivity contribution is 0.0996. The maximum Gasteiger partial charge on any atom is 0.265 e. The van der Waals surface area contributed by atoms with E-state index in [9.17, 15) is 22.0 Å². The van der Waals surface area contributed by atoms with Crippen LogP contribution in [0, 0.1) is 18.6 Å². The smallest absolute Gasteiger partial charge is 0.265 e. The Balaban J connectivity index is 2.47. The van der Waals surface area contributed by atoms with Crippen LogP contribution in [0.4, 0.5) is 14.5 Å². The minimum Gasteiger partial charge on any atom is -0.366 e. The fourth-order valence-electron chi connectivity index (χ4n) is 1.63. The molecule has 0 aliphatic carbocycles. The number of primary amides is 1. The fourth-order valence-corrected chi connectivity index (χ4v) is 2.82. The van der Waals surface area contributed by atoms with E-state index >= 15 is 0 Å². The number of halogens is 2. The van der Waals surface area contributed by atoms with Gasteiger partial charge >= 0.3 is 0 Å². The van der Waals surface area contributed by atoms with Crippen LogP contribution in [-0.2, 0) is 10.0 Å². The molecular formula is C11H10F2N4O3S. The van der Waals surface area contributed by atoms with Crippen LogP contribution in [0.5, 0.6) is 0 Å². The Morgan fingerprint density at radius 1 is 1.33 bits per heavy atom. The maximum atomic E-state index is 13.6. The van der Waals surface area contributed by atoms with E-state index in [4.69, 9.17) is 5.73 Å². The molecule has 7 nitrogen and oxygen atoms in total. The number of aromatic amines is 1. The van der Waals surface area contributed by atoms with Crippen molar-refractivity contribution in [1.29, 1.82) is 0 Å². The van der Waals surface area contributed by atoms with Crippen molar-refractivity contribution in [3.05, 3.63) is 41.2 Å². The molecule has 21 heavy (non-hydrogen) atoms. The Hall–Kier alpha value is -2.49. The quantitative estimate of drug-likeness (QED) is 0.776. The van der Waals surface area contributed by atoms with Gasteiger partial charge in [-0.25, -0.2) is 17.2 Å². The number of sulfonamides is 1. The van der Waals surface area contributed by atoms with Crippen LogP contribution < -0.4 is 10.5 Å². The molecule has 2 aromatic rings. The van der Waals surface area contributed by atoms with E-state index in [1.54, 1.807) is 0 Å². The second-order valence-electron chi connectivity index (χ2n) is 4.14. The average Bonchev–Trinajstić information content (AvgIpc) is 2.79. The number of aryl methyl sites for hydroxylation is 1. The largest absolute Gasteiger partial charge is 0.366 e. The number of rotatable bonds is 4. The SMILES string of the molecule is Cc1[nH]ncc1S(=O)(=O)Nc1cc(C(N)=O)c(F)cc1F. The predicted molar refractivity (Wildman–Crippen MR) is 69.0 cm³/mol. The molecular weight excluding hydrogens is 306 g/mol. The molecule has 112 valence electrons. The van der Waals surface area contributed by atoms with Crippen molar-refractivity contribution in [2.24, 2.45) is 5.73 Å². The van der Waals surface area contributed by atoms with Gasteiger partial charge < -0.3 is 5.73 Å². The van der Waals surface area contributed by atoms with Crippen molar-refractivity contribution in [2.75, 3.05) is 4.72 Å². The van der Waals surface area contributed by atoms with Gasteiger partial charge in [0.1, 0.15) is 16.5 Å². The molecule has 1 aromatic carbocycles. The van der Waals surface area contributed by atoms with E-state index in [1.807, 2.05) is 4.72 Å². The standard InChI is InChI=1S/C11H10F2N4O3S/c1-5-10(4-15-16-5)21(19,20)17-9-2-6(11(14)18)7(12)3-8(9)13/h2-4,17H,1H3,(H2,14,18)(H,15,16). The normalized spacial score (nSPS) is 11.4. The molecule has 2 rings (SSSR count). The first kappa shape index (κ1) is 14.9. The zero-order valence-electron chi connectivity index (χ0n) is 10.6. The maximum absolute atomic E-state index is 13.6. The van der Waals surface area contributed by atoms with Crippen LogP contribution in [-0.4, -0.2) is 24.5 Å². The van der Waals surface area contributed by atoms with Gasteiger partial charge in [0.15, 0.2) is 0 Å². The third-order valence-electron chi connectivity index (χ3n) is 2.64. The molecule has 0 fully saturated rings. The number of hydrogen-bond acceptors (Lipinski definition) is 4. The lowest BCUT2D eigenvalue weighted by Crippen LogP contribution is -2.17. The summed E-state index contributed by atoms with van der Waals surface area (Å²) in [6.07, 6.45) is 1.04. The molecule has 0 aliphatic rings. The number of benzene rings is 1. The number of amides is 1. The highest BCUT2D eigenvalue weighted by Gasteiger charge is 2.22. The van der Waals surface area contributed by atoms with Gasteiger partial charge in [0.25, 0.3) is 15.9 Å². The minimum absolute atomic E-state index is 0.202. The first-order valence-corrected chi connectivity index (χ1v) is 7.02. The zero-order valence-corrected chi connectivity index (χ0v) is 11.5. The molecule has 0 saturated carbocycles. The minimum atomic E-state index is -4.14. The monoisotopic (exact) mass is 316 g/mol. The molecule has 1 heterocycles. The predicted octanol–water partition coefficient (Wildman–Crippen LogP) is 0.896. The lowest BCUT2D eigenvalue weighted by Gasteiger charge is -2.09. The summed E-state index contributed by atoms with van der Waals surface area (Å²) in [5.41, 5.74) is 3.94. The number of nitrogens with zero attached hydrogens (tertiary/aromatic N) is 1. The fraction of sp³-hybridized carbons (Fsp3) is 0.0909. The molecule has 1 aromatic heterocycles. The van der Waals surface area contributed by atoms with E-state index < -0.39 is 38.8 Å². The summed E-state index contributed by atoms with van der Waals surface area (Å²) >= 11 is 0. The second kappa shape index (κ2) is 5.13. The number of aromatic nitrogens is 2. The van der Waals surface area contributed by atoms with Gasteiger partial charge in [-0.3, -0.25) is 14.6 Å². The summed E-state index contributed by atoms with van der Waals surface area (Å²) in [7, 11) is -4.14. The highest BCUT2D eigenvalue weighted by atomic mass is 32.2. The number of hydrogen-bond donors (Lipinski definition) is 3. The molecule has 0 aliphatic heterocycles. The molecule has 4 N–H and O–H groups in total. The number of carbonyl (C=O) groups excluding carboxylic acids is 1. The Kier molecular flexibility index (Phi) is 3.64. The van der Waals surface area contributed by atoms with E-state index in [0.29, 0.717) is 12.1 Å². The summed E-state index contributed by atoms with van der Waals surface area (Å²) in [5.74, 6) is -3.50. The molecule has 0 spiro atoms. The van der Waals surface area contributed by atoms with Crippen LogP contribution in [0.3, 0.4) is 0 Å². The van der Waals surface area contributed by atoms with Crippen molar-refractivity contribution >= 4 is 21.6 Å². The van der Waals surface area contributed by atoms with E-state index in [1.165, 1.54) is 6.92 Å². The van der Waals surface area contributed by atoms with Gasteiger partial charge in [0.2, 0.25) is 0 Å². The van der Waals surface area contributed by atoms with Crippen LogP contribution in [0.1, 0.15) is 16.1 Å². The topological polar surface area (TPSA) is 118 Å². The number of nitrogens with one attached hydrogen (secondary N) is 2. The van der Waals surface area contributed by atoms with Crippen LogP contribution in [0.15, 0.2) is 23.2 Å². The van der Waals surface area contributed by atoms with Crippen LogP contribution in [0.25, 0.3) is 0 Å². The highest BCUT2D eigenvalue weighted by Crippen LogP contribution is 2.23. The van der Waals surface area contributed by atoms with Crippen LogP contribution >= 0.6 is 0 Å². The van der Waals surface area contributed by atoms with Crippen molar-refractivity contribution in [3.8, 4) is 0 Å². The number of anilines is 1. The van der Waals surface area contributed by atoms with Crippen molar-refractivity contribution in [1.82, 2.24) is 10.2 Å². The van der Waals surface area contributed by atoms with Gasteiger partial charge in [-0.05, 0) is 13.0 Å². The third-order valence-corrected chi connectivity index (χ3v) is 4.12. The van der Waals surface area contributed by atoms with Gasteiger partial charge in [-0.1, -0.05) is 0 Å². The molecule has 0 saturated heterocycles. The number of carbonyl (C=O) groups is 1. The average molecular weight is 316 g/mol. The number of nitrogens with two attached hydrogens (primary N) is 1. The van der Waals surface area contributed by atoms with E-state index in [2.05, 4.69) is 10.2 Å². The van der Waals surface area contributed by atoms with Crippen molar-refractivity contribution < 1.29 is 22.0 Å². The Morgan fingerprint density at radius 3 is 2.52 bits per heavy atom. The first-order valence-electron chi connectivity index (χ1n) is 5.54. The summed E-state index contributed by atoms with van der Waals surface area (Å²) in [6, 6.07) is 1.07. The van der Waals surface area contributed by atoms with Gasteiger partial charge in [0.05, 0.1) is 23.1 Å². The third kappa shape index (κ3) is 2.84. The molecule has 1 amide bonds. The zero-order chi connectivity index (χ0) is 15.8. The molecule has 0 atom stereocenters. The van der Waals surface area contributed by atoms with Crippen molar-refractivity contribution in [2.45, 2.75) is 11.8 Å². The van der Waals surface area contributed by atoms with Gasteiger partial charge in [0, 0.05) is 6.07 Å². The summed E-state index contributed by atoms with van der Waals surface area (Å²) in [6.45, 7) is 1.46. The van der Waals surface area contributed by atoms with Gasteiger partial charge in [-0.2, -0.15) is 5.10 Å². The molecule has 0 unspecified atom stereocenters. The Labute approximate surface area is 118 Å². The Morgan fingerprint density at radius 2 is 2.00 bits per heavy atom. The molecule has 0 bridgehead atoms. The highest BCUT2D eigenvalue weighted by molar-refractivity contribution is 7.92. The molecule has 10 heteroatoms. The second-order valence-corrected chi connectivity index (χ2v) is 5.79. The summed E-state index contributed by atoms with van der Waals surface area (Å²) in [5, 5.41) is 5.96. The van der Waals surface area contributed by atoms with E-state index in [0.717, 1.165) is 6.20 Å². The van der Waals surface area contributed by atoms with E-state index in [-0.39, 0.29) is 10.6 Å². The Bertz CT molecular complexity index is 817. The van der Waals surface area contributed by atoms with Crippen molar-refractivity contribution in [3.63, 3.8) is 0 Å². The number of H-pyrrole nitrogens is 1. The first-order chi connectivity index (χ1) is 9.72. The lowest BCUT2D eigenvalue weighted by atomic mass is 10.2. The van der Waals surface area contributed by atoms with Gasteiger partial charge in [-0.15, -0.1) is 0 Å².